The number of phenolic OH excluding ortho intramolecular Hbond substituents is 1. The van der Waals surface area contributed by atoms with Crippen LogP contribution >= 0.6 is 11.6 Å². The highest BCUT2D eigenvalue weighted by molar-refractivity contribution is 6.33. The van der Waals surface area contributed by atoms with E-state index in [1.54, 1.807) is 0 Å². The zero-order valence-corrected chi connectivity index (χ0v) is 18.9. The van der Waals surface area contributed by atoms with Gasteiger partial charge in [0.05, 0.1) is 36.3 Å². The van der Waals surface area contributed by atoms with Gasteiger partial charge in [-0.2, -0.15) is 18.3 Å². The lowest BCUT2D eigenvalue weighted by Crippen LogP contribution is -2.24. The van der Waals surface area contributed by atoms with Crippen LogP contribution in [0.25, 0.3) is 34.0 Å². The maximum absolute atomic E-state index is 14.9. The first-order chi connectivity index (χ1) is 17.1. The van der Waals surface area contributed by atoms with Crippen LogP contribution in [0.1, 0.15) is 28.7 Å². The molecule has 0 spiro atoms. The van der Waals surface area contributed by atoms with Gasteiger partial charge in [0.25, 0.3) is 0 Å². The van der Waals surface area contributed by atoms with E-state index in [1.165, 1.54) is 32.3 Å². The number of phenols is 1. The zero-order valence-electron chi connectivity index (χ0n) is 20.1. The number of aryl methyl sites for hydroxylation is 1. The van der Waals surface area contributed by atoms with Crippen molar-refractivity contribution in [2.45, 2.75) is 38.5 Å². The van der Waals surface area contributed by atoms with E-state index in [9.17, 15) is 27.8 Å². The second-order valence-electron chi connectivity index (χ2n) is 8.06. The number of nitrogens with zero attached hydrogens (tertiary/aromatic N) is 5. The third-order valence-electron chi connectivity index (χ3n) is 4.69. The Morgan fingerprint density at radius 2 is 1.86 bits per heavy atom. The van der Waals surface area contributed by atoms with Gasteiger partial charge < -0.3 is 14.7 Å². The number of rotatable bonds is 6. The van der Waals surface area contributed by atoms with Crippen molar-refractivity contribution < 1.29 is 35.0 Å². The van der Waals surface area contributed by atoms with Crippen LogP contribution in [0.15, 0.2) is 41.3 Å². The lowest BCUT2D eigenvalue weighted by molar-refractivity contribution is -0.144. The Kier molecular flexibility index (Phi) is 5.61. The van der Waals surface area contributed by atoms with E-state index in [0.717, 1.165) is 18.3 Å². The smallest absolute Gasteiger partial charge is 0.433 e. The first-order valence-corrected chi connectivity index (χ1v) is 10.3. The number of halogens is 5. The van der Waals surface area contributed by atoms with Crippen molar-refractivity contribution in [3.63, 3.8) is 0 Å². The van der Waals surface area contributed by atoms with Gasteiger partial charge in [-0.1, -0.05) is 16.8 Å². The normalized spacial score (nSPS) is 13.6. The fourth-order valence-corrected chi connectivity index (χ4v) is 3.53. The monoisotopic (exact) mass is 513 g/mol. The largest absolute Gasteiger partial charge is 0.508 e. The highest BCUT2D eigenvalue weighted by Gasteiger charge is 2.41. The highest BCUT2D eigenvalue weighted by Crippen LogP contribution is 2.45. The quantitative estimate of drug-likeness (QED) is 0.335. The fourth-order valence-electron chi connectivity index (χ4n) is 3.24. The summed E-state index contributed by atoms with van der Waals surface area (Å²) in [5.74, 6) is -2.32. The van der Waals surface area contributed by atoms with Crippen LogP contribution in [-0.4, -0.2) is 40.7 Å². The molecule has 3 aromatic heterocycles. The summed E-state index contributed by atoms with van der Waals surface area (Å²) >= 11 is 6.12. The predicted molar refractivity (Wildman–Crippen MR) is 117 cm³/mol. The summed E-state index contributed by atoms with van der Waals surface area (Å²) in [6, 6.07) is 3.18. The van der Waals surface area contributed by atoms with E-state index < -0.39 is 58.8 Å². The first kappa shape index (κ1) is 22.0. The van der Waals surface area contributed by atoms with E-state index >= 15 is 0 Å². The van der Waals surface area contributed by atoms with Crippen molar-refractivity contribution in [1.82, 2.24) is 24.9 Å². The fraction of sp³-hybridized carbons (Fsp3) is 0.273. The number of aliphatic hydroxyl groups is 1. The summed E-state index contributed by atoms with van der Waals surface area (Å²) in [5, 5.41) is 26.7. The molecule has 2 N–H and O–H groups in total. The molecular formula is C22H18ClF4N5O3. The van der Waals surface area contributed by atoms with Gasteiger partial charge in [-0.25, -0.2) is 14.4 Å². The van der Waals surface area contributed by atoms with Crippen molar-refractivity contribution >= 4 is 11.6 Å². The standard InChI is InChI=1S/C22H18ClF4N5O3/c1-21(2,34)4-7-32-19(22(25,26)27)12(10-30-32)18-16(20-28-5-3-6-29-20)17(31-35-18)15-13(23)8-11(33)9-14(15)24/h3,5-6,8-10,33-34H,4,7H2,1-2H3/i7D2. The van der Waals surface area contributed by atoms with E-state index in [2.05, 4.69) is 20.2 Å². The second-order valence-corrected chi connectivity index (χ2v) is 8.46. The van der Waals surface area contributed by atoms with Crippen molar-refractivity contribution in [2.24, 2.45) is 0 Å². The molecule has 0 aliphatic heterocycles. The van der Waals surface area contributed by atoms with Crippen molar-refractivity contribution in [3.8, 4) is 39.7 Å². The molecular weight excluding hydrogens is 494 g/mol. The van der Waals surface area contributed by atoms with E-state index in [0.29, 0.717) is 0 Å². The molecule has 184 valence electrons. The lowest BCUT2D eigenvalue weighted by Gasteiger charge is -2.18. The van der Waals surface area contributed by atoms with Crippen LogP contribution in [0, 0.1) is 5.82 Å². The van der Waals surface area contributed by atoms with Crippen molar-refractivity contribution in [2.75, 3.05) is 0 Å². The molecule has 4 aromatic rings. The molecule has 1 aromatic carbocycles. The highest BCUT2D eigenvalue weighted by atomic mass is 35.5. The van der Waals surface area contributed by atoms with E-state index in [1.807, 2.05) is 0 Å². The molecule has 0 amide bonds. The van der Waals surface area contributed by atoms with Crippen LogP contribution in [0.4, 0.5) is 17.6 Å². The van der Waals surface area contributed by atoms with Crippen LogP contribution < -0.4 is 0 Å². The minimum atomic E-state index is -5.15. The summed E-state index contributed by atoms with van der Waals surface area (Å²) < 4.78 is 79.6. The van der Waals surface area contributed by atoms with Gasteiger partial charge in [-0.05, 0) is 32.4 Å². The van der Waals surface area contributed by atoms with Gasteiger partial charge in [0.2, 0.25) is 0 Å². The Morgan fingerprint density at radius 1 is 1.17 bits per heavy atom. The summed E-state index contributed by atoms with van der Waals surface area (Å²) in [6.45, 7) is -0.294. The average molecular weight is 514 g/mol. The zero-order chi connectivity index (χ0) is 27.3. The number of hydrogen-bond acceptors (Lipinski definition) is 7. The molecule has 35 heavy (non-hydrogen) atoms. The van der Waals surface area contributed by atoms with Crippen LogP contribution in [0.5, 0.6) is 5.75 Å². The van der Waals surface area contributed by atoms with Gasteiger partial charge in [-0.15, -0.1) is 0 Å². The van der Waals surface area contributed by atoms with Crippen LogP contribution in [0.3, 0.4) is 0 Å². The average Bonchev–Trinajstić information content (AvgIpc) is 3.37. The summed E-state index contributed by atoms with van der Waals surface area (Å²) in [7, 11) is 0. The Bertz CT molecular complexity index is 1430. The Morgan fingerprint density at radius 3 is 2.46 bits per heavy atom. The Labute approximate surface area is 203 Å². The molecule has 0 fully saturated rings. The van der Waals surface area contributed by atoms with Gasteiger partial charge >= 0.3 is 6.18 Å². The lowest BCUT2D eigenvalue weighted by atomic mass is 10.0. The summed E-state index contributed by atoms with van der Waals surface area (Å²) in [4.78, 5) is 8.05. The third-order valence-corrected chi connectivity index (χ3v) is 4.99. The number of hydrogen-bond donors (Lipinski definition) is 2. The van der Waals surface area contributed by atoms with E-state index in [4.69, 9.17) is 18.9 Å². The molecule has 0 aliphatic rings. The number of aromatic nitrogens is 5. The Balaban J connectivity index is 2.03. The Hall–Kier alpha value is -3.51. The van der Waals surface area contributed by atoms with Crippen molar-refractivity contribution in [3.05, 3.63) is 53.3 Å². The molecule has 8 nitrogen and oxygen atoms in total. The molecule has 0 saturated heterocycles. The van der Waals surface area contributed by atoms with Gasteiger partial charge in [0.15, 0.2) is 17.3 Å². The SMILES string of the molecule is [2H]C([2H])(CC(C)(C)O)n1ncc(-c2onc(-c3c(F)cc(O)cc3Cl)c2-c2ncccn2)c1C(F)(F)F. The third kappa shape index (κ3) is 4.98. The van der Waals surface area contributed by atoms with E-state index in [-0.39, 0.29) is 26.8 Å². The van der Waals surface area contributed by atoms with Gasteiger partial charge in [0, 0.05) is 25.0 Å². The maximum atomic E-state index is 14.9. The molecule has 0 bridgehead atoms. The van der Waals surface area contributed by atoms with Crippen LogP contribution in [0.2, 0.25) is 5.02 Å². The van der Waals surface area contributed by atoms with Gasteiger partial charge in [0.1, 0.15) is 17.3 Å². The molecule has 13 heteroatoms. The van der Waals surface area contributed by atoms with Crippen LogP contribution in [-0.2, 0) is 12.7 Å². The number of aromatic hydroxyl groups is 1. The first-order valence-electron chi connectivity index (χ1n) is 10.9. The number of benzene rings is 1. The molecule has 0 atom stereocenters. The molecule has 0 radical (unpaired) electrons. The molecule has 4 rings (SSSR count). The minimum absolute atomic E-state index is 0.103. The predicted octanol–water partition coefficient (Wildman–Crippen LogP) is 5.34. The second kappa shape index (κ2) is 8.93. The molecule has 0 aliphatic carbocycles. The molecule has 0 saturated carbocycles. The topological polar surface area (TPSA) is 110 Å². The molecule has 0 unspecified atom stereocenters. The van der Waals surface area contributed by atoms with Gasteiger partial charge in [-0.3, -0.25) is 4.68 Å². The summed E-state index contributed by atoms with van der Waals surface area (Å²) in [5.41, 5.74) is -4.98. The summed E-state index contributed by atoms with van der Waals surface area (Å²) in [6.07, 6.45) is -2.59. The van der Waals surface area contributed by atoms with Crippen molar-refractivity contribution in [1.29, 1.82) is 0 Å². The molecule has 3 heterocycles. The maximum Gasteiger partial charge on any atom is 0.433 e. The minimum Gasteiger partial charge on any atom is -0.508 e. The number of alkyl halides is 3.